The molecule has 0 saturated carbocycles. The topological polar surface area (TPSA) is 77.5 Å². The number of carbonyl (C=O) groups is 1. The van der Waals surface area contributed by atoms with Crippen LogP contribution in [0.1, 0.15) is 55.5 Å². The third-order valence-electron chi connectivity index (χ3n) is 4.53. The summed E-state index contributed by atoms with van der Waals surface area (Å²) in [6.07, 6.45) is 0. The molecule has 2 unspecified atom stereocenters. The summed E-state index contributed by atoms with van der Waals surface area (Å²) in [5.41, 5.74) is 2.27. The molecule has 3 aromatic rings. The summed E-state index contributed by atoms with van der Waals surface area (Å²) in [6.45, 7) is 9.90. The van der Waals surface area contributed by atoms with Crippen LogP contribution < -0.4 is 10.1 Å². The van der Waals surface area contributed by atoms with E-state index in [2.05, 4.69) is 10.5 Å². The van der Waals surface area contributed by atoms with E-state index in [1.165, 1.54) is 0 Å². The van der Waals surface area contributed by atoms with Crippen LogP contribution in [-0.4, -0.2) is 17.7 Å². The molecule has 6 nitrogen and oxygen atoms in total. The number of aryl methyl sites for hydroxylation is 2. The van der Waals surface area contributed by atoms with Crippen LogP contribution in [0.15, 0.2) is 33.2 Å². The Morgan fingerprint density at radius 3 is 2.73 bits per heavy atom. The van der Waals surface area contributed by atoms with Gasteiger partial charge in [0, 0.05) is 10.9 Å². The maximum atomic E-state index is 12.7. The van der Waals surface area contributed by atoms with Crippen molar-refractivity contribution in [3.63, 3.8) is 0 Å². The van der Waals surface area contributed by atoms with E-state index < -0.39 is 0 Å². The predicted octanol–water partition coefficient (Wildman–Crippen LogP) is 4.42. The summed E-state index contributed by atoms with van der Waals surface area (Å²) in [5, 5.41) is 7.88. The summed E-state index contributed by atoms with van der Waals surface area (Å²) in [5.74, 6) is 1.61. The van der Waals surface area contributed by atoms with Crippen molar-refractivity contribution in [2.24, 2.45) is 0 Å². The molecule has 138 valence electrons. The Hall–Kier alpha value is -2.76. The number of aromatic nitrogens is 1. The van der Waals surface area contributed by atoms with Crippen molar-refractivity contribution >= 4 is 16.9 Å². The maximum Gasteiger partial charge on any atom is 0.228 e. The lowest BCUT2D eigenvalue weighted by atomic mass is 9.98. The van der Waals surface area contributed by atoms with Gasteiger partial charge in [0.25, 0.3) is 0 Å². The van der Waals surface area contributed by atoms with Gasteiger partial charge in [0.05, 0.1) is 24.3 Å². The second kappa shape index (κ2) is 7.23. The first-order valence-corrected chi connectivity index (χ1v) is 8.80. The Balaban J connectivity index is 1.79. The predicted molar refractivity (Wildman–Crippen MR) is 98.3 cm³/mol. The summed E-state index contributed by atoms with van der Waals surface area (Å²) in [4.78, 5) is 12.7. The number of furan rings is 1. The lowest BCUT2D eigenvalue weighted by molar-refractivity contribution is -0.123. The van der Waals surface area contributed by atoms with E-state index in [4.69, 9.17) is 13.7 Å². The molecule has 6 heteroatoms. The van der Waals surface area contributed by atoms with Gasteiger partial charge in [0.2, 0.25) is 5.91 Å². The van der Waals surface area contributed by atoms with Crippen molar-refractivity contribution < 1.29 is 18.5 Å². The smallest absolute Gasteiger partial charge is 0.228 e. The van der Waals surface area contributed by atoms with Gasteiger partial charge in [-0.15, -0.1) is 0 Å². The Morgan fingerprint density at radius 2 is 2.08 bits per heavy atom. The lowest BCUT2D eigenvalue weighted by Crippen LogP contribution is -2.30. The number of fused-ring (bicyclic) bond motifs is 1. The second-order valence-electron chi connectivity index (χ2n) is 6.45. The molecule has 1 aromatic carbocycles. The summed E-state index contributed by atoms with van der Waals surface area (Å²) >= 11 is 0. The van der Waals surface area contributed by atoms with Crippen LogP contribution in [0.3, 0.4) is 0 Å². The third kappa shape index (κ3) is 3.31. The first kappa shape index (κ1) is 18.0. The van der Waals surface area contributed by atoms with E-state index >= 15 is 0 Å². The molecule has 2 aromatic heterocycles. The molecule has 0 aliphatic carbocycles. The highest BCUT2D eigenvalue weighted by atomic mass is 16.5. The van der Waals surface area contributed by atoms with Gasteiger partial charge in [0.15, 0.2) is 11.3 Å². The van der Waals surface area contributed by atoms with Crippen LogP contribution in [-0.2, 0) is 4.79 Å². The fraction of sp³-hybridized carbons (Fsp3) is 0.400. The zero-order chi connectivity index (χ0) is 18.8. The van der Waals surface area contributed by atoms with E-state index in [0.717, 1.165) is 16.6 Å². The summed E-state index contributed by atoms with van der Waals surface area (Å²) in [6, 6.07) is 7.43. The molecule has 0 bridgehead atoms. The number of carbonyl (C=O) groups excluding carboxylic acids is 1. The van der Waals surface area contributed by atoms with Gasteiger partial charge >= 0.3 is 0 Å². The van der Waals surface area contributed by atoms with Crippen LogP contribution in [0.4, 0.5) is 0 Å². The molecule has 0 radical (unpaired) electrons. The Kier molecular flexibility index (Phi) is 5.02. The molecule has 3 rings (SSSR count). The normalized spacial score (nSPS) is 13.6. The van der Waals surface area contributed by atoms with Crippen molar-refractivity contribution in [3.8, 4) is 5.75 Å². The number of hydrogen-bond donors (Lipinski definition) is 1. The fourth-order valence-corrected chi connectivity index (χ4v) is 3.19. The monoisotopic (exact) mass is 356 g/mol. The highest BCUT2D eigenvalue weighted by Crippen LogP contribution is 2.31. The van der Waals surface area contributed by atoms with Crippen LogP contribution in [0, 0.1) is 13.8 Å². The van der Waals surface area contributed by atoms with Crippen molar-refractivity contribution in [3.05, 3.63) is 47.0 Å². The highest BCUT2D eigenvalue weighted by molar-refractivity contribution is 5.85. The molecule has 1 amide bonds. The van der Waals surface area contributed by atoms with E-state index in [1.54, 1.807) is 0 Å². The van der Waals surface area contributed by atoms with E-state index in [-0.39, 0.29) is 17.9 Å². The number of nitrogens with zero attached hydrogens (tertiary/aromatic N) is 1. The molecule has 1 N–H and O–H groups in total. The number of rotatable bonds is 6. The minimum atomic E-state index is -0.355. The van der Waals surface area contributed by atoms with Gasteiger partial charge < -0.3 is 19.0 Å². The zero-order valence-corrected chi connectivity index (χ0v) is 15.8. The van der Waals surface area contributed by atoms with Crippen molar-refractivity contribution in [1.29, 1.82) is 0 Å². The fourth-order valence-electron chi connectivity index (χ4n) is 3.19. The van der Waals surface area contributed by atoms with Gasteiger partial charge in [-0.2, -0.15) is 0 Å². The maximum absolute atomic E-state index is 12.7. The lowest BCUT2D eigenvalue weighted by Gasteiger charge is -2.16. The molecule has 26 heavy (non-hydrogen) atoms. The standard InChI is InChI=1S/C20H24N2O4/c1-6-24-16-9-7-8-15-10-17(25-19(15)16)12(3)21-20(23)11(2)18-13(4)22-26-14(18)5/h7-12H,6H2,1-5H3,(H,21,23). The van der Waals surface area contributed by atoms with Gasteiger partial charge in [-0.3, -0.25) is 4.79 Å². The molecule has 0 aliphatic heterocycles. The molecule has 0 saturated heterocycles. The molecule has 2 heterocycles. The molecule has 0 fully saturated rings. The van der Waals surface area contributed by atoms with Crippen LogP contribution in [0.2, 0.25) is 0 Å². The van der Waals surface area contributed by atoms with Gasteiger partial charge in [-0.25, -0.2) is 0 Å². The van der Waals surface area contributed by atoms with E-state index in [9.17, 15) is 4.79 Å². The highest BCUT2D eigenvalue weighted by Gasteiger charge is 2.25. The quantitative estimate of drug-likeness (QED) is 0.707. The third-order valence-corrected chi connectivity index (χ3v) is 4.53. The van der Waals surface area contributed by atoms with Crippen molar-refractivity contribution in [2.75, 3.05) is 6.61 Å². The number of ether oxygens (including phenoxy) is 1. The molecule has 0 aliphatic rings. The van der Waals surface area contributed by atoms with Crippen LogP contribution in [0.25, 0.3) is 11.0 Å². The SMILES string of the molecule is CCOc1cccc2cc(C(C)NC(=O)C(C)c3c(C)noc3C)oc12. The number of amides is 1. The largest absolute Gasteiger partial charge is 0.490 e. The number of benzene rings is 1. The van der Waals surface area contributed by atoms with E-state index in [0.29, 0.717) is 29.5 Å². The minimum absolute atomic E-state index is 0.0996. The molecule has 0 spiro atoms. The molecular formula is C20H24N2O4. The number of nitrogens with one attached hydrogen (secondary N) is 1. The van der Waals surface area contributed by atoms with Crippen LogP contribution in [0.5, 0.6) is 5.75 Å². The van der Waals surface area contributed by atoms with Gasteiger partial charge in [-0.1, -0.05) is 17.3 Å². The van der Waals surface area contributed by atoms with Gasteiger partial charge in [0.1, 0.15) is 11.5 Å². The number of para-hydroxylation sites is 1. The Bertz CT molecular complexity index is 906. The zero-order valence-electron chi connectivity index (χ0n) is 15.8. The average molecular weight is 356 g/mol. The van der Waals surface area contributed by atoms with Crippen LogP contribution >= 0.6 is 0 Å². The summed E-state index contributed by atoms with van der Waals surface area (Å²) < 4.78 is 16.7. The second-order valence-corrected chi connectivity index (χ2v) is 6.45. The first-order valence-electron chi connectivity index (χ1n) is 8.80. The molecule has 2 atom stereocenters. The Labute approximate surface area is 152 Å². The van der Waals surface area contributed by atoms with Gasteiger partial charge in [-0.05, 0) is 46.8 Å². The first-order chi connectivity index (χ1) is 12.4. The average Bonchev–Trinajstić information content (AvgIpc) is 3.18. The Morgan fingerprint density at radius 1 is 1.31 bits per heavy atom. The number of hydrogen-bond acceptors (Lipinski definition) is 5. The van der Waals surface area contributed by atoms with Crippen molar-refractivity contribution in [2.45, 2.75) is 46.6 Å². The summed E-state index contributed by atoms with van der Waals surface area (Å²) in [7, 11) is 0. The molecular weight excluding hydrogens is 332 g/mol. The van der Waals surface area contributed by atoms with E-state index in [1.807, 2.05) is 58.9 Å². The van der Waals surface area contributed by atoms with Crippen molar-refractivity contribution in [1.82, 2.24) is 10.5 Å². The minimum Gasteiger partial charge on any atom is -0.490 e.